The van der Waals surface area contributed by atoms with Gasteiger partial charge in [-0.05, 0) is 50.1 Å². The highest BCUT2D eigenvalue weighted by atomic mass is 16.1. The van der Waals surface area contributed by atoms with E-state index in [1.807, 2.05) is 29.7 Å². The van der Waals surface area contributed by atoms with Crippen LogP contribution in [0.15, 0.2) is 41.7 Å². The Morgan fingerprint density at radius 2 is 2.14 bits per heavy atom. The summed E-state index contributed by atoms with van der Waals surface area (Å²) in [5.41, 5.74) is 3.70. The molecule has 29 heavy (non-hydrogen) atoms. The molecule has 0 spiro atoms. The zero-order valence-corrected chi connectivity index (χ0v) is 16.6. The van der Waals surface area contributed by atoms with Crippen molar-refractivity contribution in [2.75, 3.05) is 5.32 Å². The second-order valence-electron chi connectivity index (χ2n) is 8.01. The van der Waals surface area contributed by atoms with Gasteiger partial charge in [-0.1, -0.05) is 18.2 Å². The number of fused-ring (bicyclic) bond motifs is 2. The Bertz CT molecular complexity index is 1250. The number of benzene rings is 1. The SMILES string of the molecule is Cc1cccc2cc(CC(C)Nc3ncnc4nc[nH]c34)n(C3CCC3)c(=O)c12. The number of pyridine rings is 1. The molecule has 0 saturated heterocycles. The van der Waals surface area contributed by atoms with Gasteiger partial charge in [0.1, 0.15) is 11.8 Å². The van der Waals surface area contributed by atoms with Crippen molar-refractivity contribution in [1.82, 2.24) is 24.5 Å². The van der Waals surface area contributed by atoms with Gasteiger partial charge in [-0.25, -0.2) is 15.0 Å². The molecule has 1 saturated carbocycles. The van der Waals surface area contributed by atoms with E-state index >= 15 is 0 Å². The summed E-state index contributed by atoms with van der Waals surface area (Å²) in [6.07, 6.45) is 7.21. The first kappa shape index (κ1) is 17.8. The molecule has 2 N–H and O–H groups in total. The van der Waals surface area contributed by atoms with Crippen molar-refractivity contribution in [3.8, 4) is 0 Å². The Morgan fingerprint density at radius 3 is 2.93 bits per heavy atom. The van der Waals surface area contributed by atoms with Crippen molar-refractivity contribution < 1.29 is 0 Å². The van der Waals surface area contributed by atoms with E-state index in [1.54, 1.807) is 6.33 Å². The Hall–Kier alpha value is -3.22. The van der Waals surface area contributed by atoms with Crippen LogP contribution < -0.4 is 10.9 Å². The Labute approximate surface area is 168 Å². The Kier molecular flexibility index (Phi) is 4.30. The zero-order valence-electron chi connectivity index (χ0n) is 16.6. The summed E-state index contributed by atoms with van der Waals surface area (Å²) in [5.74, 6) is 0.731. The first-order valence-electron chi connectivity index (χ1n) is 10.2. The lowest BCUT2D eigenvalue weighted by Gasteiger charge is -2.31. The van der Waals surface area contributed by atoms with Crippen molar-refractivity contribution >= 4 is 27.8 Å². The van der Waals surface area contributed by atoms with Gasteiger partial charge in [-0.3, -0.25) is 4.79 Å². The summed E-state index contributed by atoms with van der Waals surface area (Å²) >= 11 is 0. The minimum absolute atomic E-state index is 0.0874. The molecule has 0 bridgehead atoms. The van der Waals surface area contributed by atoms with Crippen LogP contribution in [-0.2, 0) is 6.42 Å². The number of rotatable bonds is 5. The lowest BCUT2D eigenvalue weighted by Crippen LogP contribution is -2.34. The molecule has 5 rings (SSSR count). The van der Waals surface area contributed by atoms with E-state index in [-0.39, 0.29) is 11.6 Å². The van der Waals surface area contributed by atoms with Crippen LogP contribution in [0.4, 0.5) is 5.82 Å². The van der Waals surface area contributed by atoms with E-state index in [4.69, 9.17) is 0 Å². The van der Waals surface area contributed by atoms with Gasteiger partial charge in [-0.2, -0.15) is 0 Å². The average molecular weight is 388 g/mol. The van der Waals surface area contributed by atoms with E-state index in [0.29, 0.717) is 11.7 Å². The molecule has 7 heteroatoms. The fourth-order valence-electron chi connectivity index (χ4n) is 4.28. The monoisotopic (exact) mass is 388 g/mol. The van der Waals surface area contributed by atoms with Gasteiger partial charge in [0, 0.05) is 24.2 Å². The lowest BCUT2D eigenvalue weighted by atomic mass is 9.91. The van der Waals surface area contributed by atoms with Crippen LogP contribution in [0.5, 0.6) is 0 Å². The van der Waals surface area contributed by atoms with Crippen LogP contribution >= 0.6 is 0 Å². The molecule has 7 nitrogen and oxygen atoms in total. The van der Waals surface area contributed by atoms with Crippen LogP contribution in [-0.4, -0.2) is 30.5 Å². The predicted octanol–water partition coefficient (Wildman–Crippen LogP) is 3.74. The minimum atomic E-state index is 0.0874. The molecular weight excluding hydrogens is 364 g/mol. The molecule has 1 aromatic carbocycles. The Balaban J connectivity index is 1.52. The van der Waals surface area contributed by atoms with E-state index in [0.717, 1.165) is 52.6 Å². The third-order valence-corrected chi connectivity index (χ3v) is 5.93. The quantitative estimate of drug-likeness (QED) is 0.544. The topological polar surface area (TPSA) is 88.5 Å². The standard InChI is InChI=1S/C22H24N6O/c1-13-5-3-6-15-10-17(28(16-7-4-8-16)22(29)18(13)15)9-14(2)27-21-19-20(24-11-23-19)25-12-26-21/h3,5-6,10-12,14,16H,4,7-9H2,1-2H3,(H2,23,24,25,26,27). The first-order valence-corrected chi connectivity index (χ1v) is 10.2. The molecule has 1 aliphatic carbocycles. The number of aromatic nitrogens is 5. The van der Waals surface area contributed by atoms with Gasteiger partial charge >= 0.3 is 0 Å². The molecule has 1 unspecified atom stereocenters. The van der Waals surface area contributed by atoms with E-state index < -0.39 is 0 Å². The molecule has 148 valence electrons. The highest BCUT2D eigenvalue weighted by Gasteiger charge is 2.25. The fraction of sp³-hybridized carbons (Fsp3) is 0.364. The molecule has 3 heterocycles. The van der Waals surface area contributed by atoms with Crippen molar-refractivity contribution in [3.63, 3.8) is 0 Å². The maximum absolute atomic E-state index is 13.4. The molecule has 3 aromatic heterocycles. The number of nitrogens with one attached hydrogen (secondary N) is 2. The third kappa shape index (κ3) is 3.06. The second kappa shape index (κ2) is 6.99. The van der Waals surface area contributed by atoms with Crippen molar-refractivity contribution in [2.45, 2.75) is 51.6 Å². The lowest BCUT2D eigenvalue weighted by molar-refractivity contribution is 0.299. The number of nitrogens with zero attached hydrogens (tertiary/aromatic N) is 4. The summed E-state index contributed by atoms with van der Waals surface area (Å²) in [4.78, 5) is 29.2. The average Bonchev–Trinajstić information content (AvgIpc) is 3.13. The molecule has 0 amide bonds. The van der Waals surface area contributed by atoms with Crippen molar-refractivity contribution in [3.05, 3.63) is 58.5 Å². The summed E-state index contributed by atoms with van der Waals surface area (Å²) in [6.45, 7) is 4.13. The Morgan fingerprint density at radius 1 is 1.28 bits per heavy atom. The number of aromatic amines is 1. The van der Waals surface area contributed by atoms with Crippen LogP contribution in [0.3, 0.4) is 0 Å². The highest BCUT2D eigenvalue weighted by Crippen LogP contribution is 2.33. The third-order valence-electron chi connectivity index (χ3n) is 5.93. The summed E-state index contributed by atoms with van der Waals surface area (Å²) in [7, 11) is 0. The molecule has 0 radical (unpaired) electrons. The van der Waals surface area contributed by atoms with E-state index in [2.05, 4.69) is 38.2 Å². The zero-order chi connectivity index (χ0) is 20.0. The van der Waals surface area contributed by atoms with Crippen LogP contribution in [0.25, 0.3) is 21.9 Å². The maximum atomic E-state index is 13.4. The normalized spacial score (nSPS) is 15.5. The molecule has 0 aliphatic heterocycles. The van der Waals surface area contributed by atoms with Gasteiger partial charge in [0.15, 0.2) is 11.5 Å². The molecule has 4 aromatic rings. The molecule has 1 fully saturated rings. The van der Waals surface area contributed by atoms with Gasteiger partial charge < -0.3 is 14.9 Å². The van der Waals surface area contributed by atoms with Crippen molar-refractivity contribution in [2.24, 2.45) is 0 Å². The van der Waals surface area contributed by atoms with Crippen LogP contribution in [0, 0.1) is 6.92 Å². The van der Waals surface area contributed by atoms with Gasteiger partial charge in [-0.15, -0.1) is 0 Å². The summed E-state index contributed by atoms with van der Waals surface area (Å²) in [5, 5.41) is 5.33. The van der Waals surface area contributed by atoms with Gasteiger partial charge in [0.25, 0.3) is 5.56 Å². The smallest absolute Gasteiger partial charge is 0.259 e. The fourth-order valence-corrected chi connectivity index (χ4v) is 4.28. The van der Waals surface area contributed by atoms with E-state index in [9.17, 15) is 4.79 Å². The van der Waals surface area contributed by atoms with E-state index in [1.165, 1.54) is 12.7 Å². The second-order valence-corrected chi connectivity index (χ2v) is 8.01. The molecule has 1 atom stereocenters. The highest BCUT2D eigenvalue weighted by molar-refractivity contribution is 5.85. The number of hydrogen-bond acceptors (Lipinski definition) is 5. The largest absolute Gasteiger partial charge is 0.365 e. The van der Waals surface area contributed by atoms with Crippen LogP contribution in [0.2, 0.25) is 0 Å². The number of hydrogen-bond donors (Lipinski definition) is 2. The number of aryl methyl sites for hydroxylation is 1. The maximum Gasteiger partial charge on any atom is 0.259 e. The first-order chi connectivity index (χ1) is 14.1. The molecule has 1 aliphatic rings. The molecular formula is C22H24N6O. The van der Waals surface area contributed by atoms with Gasteiger partial charge in [0.05, 0.1) is 11.7 Å². The van der Waals surface area contributed by atoms with Crippen LogP contribution in [0.1, 0.15) is 43.5 Å². The number of anilines is 1. The number of imidazole rings is 1. The summed E-state index contributed by atoms with van der Waals surface area (Å²) < 4.78 is 2.04. The minimum Gasteiger partial charge on any atom is -0.365 e. The summed E-state index contributed by atoms with van der Waals surface area (Å²) in [6, 6.07) is 8.66. The van der Waals surface area contributed by atoms with Gasteiger partial charge in [0.2, 0.25) is 0 Å². The number of H-pyrrole nitrogens is 1. The predicted molar refractivity (Wildman–Crippen MR) is 114 cm³/mol. The van der Waals surface area contributed by atoms with Crippen molar-refractivity contribution in [1.29, 1.82) is 0 Å².